The lowest BCUT2D eigenvalue weighted by molar-refractivity contribution is 0.539. The summed E-state index contributed by atoms with van der Waals surface area (Å²) < 4.78 is 1.34. The zero-order valence-electron chi connectivity index (χ0n) is 12.1. The molecule has 18 heavy (non-hydrogen) atoms. The predicted octanol–water partition coefficient (Wildman–Crippen LogP) is 7.12. The molecule has 0 aromatic heterocycles. The van der Waals surface area contributed by atoms with Crippen LogP contribution in [0.4, 0.5) is 0 Å². The minimum atomic E-state index is 0.845. The van der Waals surface area contributed by atoms with E-state index in [0.29, 0.717) is 0 Å². The Balaban J connectivity index is 2.86. The molecule has 2 heteroatoms. The number of hydrogen-bond donors (Lipinski definition) is 0. The van der Waals surface area contributed by atoms with E-state index in [-0.39, 0.29) is 0 Å². The van der Waals surface area contributed by atoms with E-state index >= 15 is 0 Å². The van der Waals surface area contributed by atoms with Crippen LogP contribution >= 0.6 is 34.2 Å². The molecule has 0 aromatic carbocycles. The van der Waals surface area contributed by atoms with Gasteiger partial charge in [0.25, 0.3) is 0 Å². The van der Waals surface area contributed by atoms with E-state index in [4.69, 9.17) is 11.6 Å². The van der Waals surface area contributed by atoms with Crippen molar-refractivity contribution in [2.24, 2.45) is 0 Å². The minimum absolute atomic E-state index is 0.845. The van der Waals surface area contributed by atoms with Gasteiger partial charge in [-0.25, -0.2) is 0 Å². The highest BCUT2D eigenvalue weighted by molar-refractivity contribution is 14.1. The van der Waals surface area contributed by atoms with Gasteiger partial charge in [-0.2, -0.15) is 0 Å². The Morgan fingerprint density at radius 3 is 1.00 bits per heavy atom. The summed E-state index contributed by atoms with van der Waals surface area (Å²) in [5, 5.41) is 0. The molecule has 110 valence electrons. The van der Waals surface area contributed by atoms with E-state index in [1.165, 1.54) is 94.3 Å². The van der Waals surface area contributed by atoms with Crippen molar-refractivity contribution >= 4 is 34.2 Å². The van der Waals surface area contributed by atoms with Crippen molar-refractivity contribution in [1.29, 1.82) is 0 Å². The third-order valence-corrected chi connectivity index (χ3v) is 4.55. The van der Waals surface area contributed by atoms with E-state index in [1.807, 2.05) is 0 Å². The van der Waals surface area contributed by atoms with Crippen molar-refractivity contribution in [2.45, 2.75) is 89.9 Å². The Hall–Kier alpha value is 1.02. The molecule has 0 nitrogen and oxygen atoms in total. The average molecular weight is 387 g/mol. The van der Waals surface area contributed by atoms with Crippen LogP contribution in [0.15, 0.2) is 0 Å². The van der Waals surface area contributed by atoms with Crippen LogP contribution < -0.4 is 0 Å². The molecule has 0 aliphatic rings. The van der Waals surface area contributed by atoms with Gasteiger partial charge in [0, 0.05) is 5.88 Å². The van der Waals surface area contributed by atoms with Crippen LogP contribution in [0.5, 0.6) is 0 Å². The van der Waals surface area contributed by atoms with Crippen LogP contribution in [0.2, 0.25) is 0 Å². The number of rotatable bonds is 15. The molecule has 0 unspecified atom stereocenters. The van der Waals surface area contributed by atoms with E-state index < -0.39 is 0 Å². The molecule has 0 amide bonds. The van der Waals surface area contributed by atoms with Gasteiger partial charge in [0.15, 0.2) is 0 Å². The molecule has 0 saturated carbocycles. The van der Waals surface area contributed by atoms with Crippen molar-refractivity contribution in [1.82, 2.24) is 0 Å². The minimum Gasteiger partial charge on any atom is -0.127 e. The summed E-state index contributed by atoms with van der Waals surface area (Å²) >= 11 is 8.13. The molecular weight excluding hydrogens is 355 g/mol. The molecule has 0 aromatic rings. The van der Waals surface area contributed by atoms with Crippen molar-refractivity contribution in [3.05, 3.63) is 0 Å². The lowest BCUT2D eigenvalue weighted by Crippen LogP contribution is -1.83. The second-order valence-corrected chi connectivity index (χ2v) is 6.78. The molecule has 0 rings (SSSR count). The van der Waals surface area contributed by atoms with E-state index in [1.54, 1.807) is 0 Å². The van der Waals surface area contributed by atoms with Crippen LogP contribution in [-0.4, -0.2) is 10.3 Å². The fraction of sp³-hybridized carbons (Fsp3) is 1.00. The standard InChI is InChI=1S/C16H32ClI/c17-15-13-11-9-7-5-3-1-2-4-6-8-10-12-14-16-18/h1-16H2. The summed E-state index contributed by atoms with van der Waals surface area (Å²) in [6.45, 7) is 0. The van der Waals surface area contributed by atoms with Gasteiger partial charge in [-0.05, 0) is 17.3 Å². The van der Waals surface area contributed by atoms with Crippen molar-refractivity contribution < 1.29 is 0 Å². The third kappa shape index (κ3) is 17.0. The van der Waals surface area contributed by atoms with Crippen LogP contribution in [0.1, 0.15) is 89.9 Å². The molecule has 0 bridgehead atoms. The number of alkyl halides is 2. The summed E-state index contributed by atoms with van der Waals surface area (Å²) in [7, 11) is 0. The van der Waals surface area contributed by atoms with Gasteiger partial charge in [0.1, 0.15) is 0 Å². The number of halogens is 2. The van der Waals surface area contributed by atoms with Crippen LogP contribution in [0.25, 0.3) is 0 Å². The molecule has 0 saturated heterocycles. The SMILES string of the molecule is ClCCCCCCCCCCCCCCCCI. The topological polar surface area (TPSA) is 0 Å². The first-order valence-corrected chi connectivity index (χ1v) is 10.1. The highest BCUT2D eigenvalue weighted by Crippen LogP contribution is 2.13. The molecule has 0 spiro atoms. The third-order valence-electron chi connectivity index (χ3n) is 3.52. The summed E-state index contributed by atoms with van der Waals surface area (Å²) in [4.78, 5) is 0. The fourth-order valence-electron chi connectivity index (χ4n) is 2.31. The van der Waals surface area contributed by atoms with E-state index in [9.17, 15) is 0 Å². The monoisotopic (exact) mass is 386 g/mol. The zero-order valence-corrected chi connectivity index (χ0v) is 15.0. The average Bonchev–Trinajstić information content (AvgIpc) is 2.39. The summed E-state index contributed by atoms with van der Waals surface area (Å²) in [6.07, 6.45) is 19.9. The van der Waals surface area contributed by atoms with Crippen molar-refractivity contribution in [2.75, 3.05) is 10.3 Å². The highest BCUT2D eigenvalue weighted by atomic mass is 127. The maximum Gasteiger partial charge on any atom is 0.0223 e. The largest absolute Gasteiger partial charge is 0.127 e. The highest BCUT2D eigenvalue weighted by Gasteiger charge is 1.93. The van der Waals surface area contributed by atoms with Gasteiger partial charge in [0.05, 0.1) is 0 Å². The summed E-state index contributed by atoms with van der Waals surface area (Å²) in [5.74, 6) is 0.845. The second-order valence-electron chi connectivity index (χ2n) is 5.33. The Morgan fingerprint density at radius 2 is 0.722 bits per heavy atom. The predicted molar refractivity (Wildman–Crippen MR) is 94.2 cm³/mol. The second kappa shape index (κ2) is 18.0. The summed E-state index contributed by atoms with van der Waals surface area (Å²) in [5.41, 5.74) is 0. The normalized spacial score (nSPS) is 11.0. The lowest BCUT2D eigenvalue weighted by atomic mass is 10.0. The Labute approximate surface area is 134 Å². The van der Waals surface area contributed by atoms with Gasteiger partial charge >= 0.3 is 0 Å². The summed E-state index contributed by atoms with van der Waals surface area (Å²) in [6, 6.07) is 0. The van der Waals surface area contributed by atoms with E-state index in [2.05, 4.69) is 22.6 Å². The Morgan fingerprint density at radius 1 is 0.444 bits per heavy atom. The first-order chi connectivity index (χ1) is 8.91. The van der Waals surface area contributed by atoms with Gasteiger partial charge in [-0.15, -0.1) is 11.6 Å². The molecule has 0 radical (unpaired) electrons. The number of hydrogen-bond acceptors (Lipinski definition) is 0. The smallest absolute Gasteiger partial charge is 0.0223 e. The van der Waals surface area contributed by atoms with Crippen LogP contribution in [-0.2, 0) is 0 Å². The number of unbranched alkanes of at least 4 members (excludes halogenated alkanes) is 13. The first-order valence-electron chi connectivity index (χ1n) is 8.03. The lowest BCUT2D eigenvalue weighted by Gasteiger charge is -2.02. The fourth-order valence-corrected chi connectivity index (χ4v) is 3.04. The first kappa shape index (κ1) is 19.0. The van der Waals surface area contributed by atoms with Crippen molar-refractivity contribution in [3.8, 4) is 0 Å². The van der Waals surface area contributed by atoms with E-state index in [0.717, 1.165) is 5.88 Å². The Kier molecular flexibility index (Phi) is 19.0. The molecule has 0 heterocycles. The molecule has 0 atom stereocenters. The van der Waals surface area contributed by atoms with Crippen LogP contribution in [0.3, 0.4) is 0 Å². The Bertz CT molecular complexity index is 123. The molecule has 0 aliphatic heterocycles. The maximum absolute atomic E-state index is 5.65. The van der Waals surface area contributed by atoms with Gasteiger partial charge in [-0.3, -0.25) is 0 Å². The maximum atomic E-state index is 5.65. The zero-order chi connectivity index (χ0) is 13.3. The molecule has 0 aliphatic carbocycles. The van der Waals surface area contributed by atoms with Gasteiger partial charge in [-0.1, -0.05) is 99.6 Å². The molecule has 0 N–H and O–H groups in total. The van der Waals surface area contributed by atoms with Gasteiger partial charge in [0.2, 0.25) is 0 Å². The van der Waals surface area contributed by atoms with Gasteiger partial charge < -0.3 is 0 Å². The molecule has 0 fully saturated rings. The van der Waals surface area contributed by atoms with Crippen LogP contribution in [0, 0.1) is 0 Å². The van der Waals surface area contributed by atoms with Crippen molar-refractivity contribution in [3.63, 3.8) is 0 Å². The molecular formula is C16H32ClI. The quantitative estimate of drug-likeness (QED) is 0.160.